The van der Waals surface area contributed by atoms with Crippen LogP contribution in [0, 0.1) is 13.8 Å². The second kappa shape index (κ2) is 8.64. The van der Waals surface area contributed by atoms with Crippen molar-refractivity contribution in [1.82, 2.24) is 9.78 Å². The molecule has 3 rings (SSSR count). The molecule has 0 aliphatic rings. The van der Waals surface area contributed by atoms with Gasteiger partial charge in [-0.1, -0.05) is 48.5 Å². The smallest absolute Gasteiger partial charge is 0.279 e. The molecule has 0 aliphatic carbocycles. The van der Waals surface area contributed by atoms with Gasteiger partial charge in [-0.05, 0) is 32.9 Å². The fourth-order valence-corrected chi connectivity index (χ4v) is 3.25. The van der Waals surface area contributed by atoms with Gasteiger partial charge >= 0.3 is 0 Å². The second-order valence-electron chi connectivity index (χ2n) is 6.78. The van der Waals surface area contributed by atoms with Gasteiger partial charge in [0.15, 0.2) is 6.54 Å². The molecular weight excluding hydrogens is 336 g/mol. The van der Waals surface area contributed by atoms with E-state index in [0.717, 1.165) is 35.9 Å². The van der Waals surface area contributed by atoms with Crippen LogP contribution in [0.5, 0.6) is 0 Å². The van der Waals surface area contributed by atoms with Crippen LogP contribution in [-0.2, 0) is 11.3 Å². The maximum absolute atomic E-state index is 12.7. The molecule has 1 atom stereocenters. The summed E-state index contributed by atoms with van der Waals surface area (Å²) in [5.74, 6) is 0.0154. The summed E-state index contributed by atoms with van der Waals surface area (Å²) in [4.78, 5) is 13.9. The van der Waals surface area contributed by atoms with Crippen LogP contribution in [0.1, 0.15) is 23.9 Å². The first-order chi connectivity index (χ1) is 13.1. The van der Waals surface area contributed by atoms with E-state index in [0.29, 0.717) is 6.54 Å². The fraction of sp³-hybridized carbons (Fsp3) is 0.273. The van der Waals surface area contributed by atoms with Crippen LogP contribution in [-0.4, -0.2) is 28.8 Å². The number of quaternary nitrogens is 1. The van der Waals surface area contributed by atoms with Gasteiger partial charge < -0.3 is 10.2 Å². The van der Waals surface area contributed by atoms with Crippen molar-refractivity contribution in [2.45, 2.75) is 27.3 Å². The van der Waals surface area contributed by atoms with Crippen molar-refractivity contribution in [3.05, 3.63) is 77.6 Å². The molecule has 1 unspecified atom stereocenters. The van der Waals surface area contributed by atoms with Crippen LogP contribution in [0.3, 0.4) is 0 Å². The lowest BCUT2D eigenvalue weighted by atomic mass is 10.2. The van der Waals surface area contributed by atoms with Crippen LogP contribution in [0.25, 0.3) is 5.69 Å². The number of carbonyl (C=O) groups excluding carboxylic acids is 1. The Kier molecular flexibility index (Phi) is 6.04. The molecule has 0 aliphatic heterocycles. The lowest BCUT2D eigenvalue weighted by Crippen LogP contribution is -3.11. The summed E-state index contributed by atoms with van der Waals surface area (Å²) < 4.78 is 1.87. The minimum Gasteiger partial charge on any atom is -0.324 e. The summed E-state index contributed by atoms with van der Waals surface area (Å²) in [6.45, 7) is 8.18. The molecule has 5 heteroatoms. The van der Waals surface area contributed by atoms with Gasteiger partial charge in [-0.2, -0.15) is 5.10 Å². The van der Waals surface area contributed by atoms with E-state index in [2.05, 4.69) is 29.5 Å². The molecule has 5 nitrogen and oxygen atoms in total. The number of benzene rings is 2. The minimum absolute atomic E-state index is 0.0154. The van der Waals surface area contributed by atoms with Gasteiger partial charge in [-0.25, -0.2) is 4.68 Å². The Morgan fingerprint density at radius 2 is 1.67 bits per heavy atom. The first-order valence-electron chi connectivity index (χ1n) is 9.37. The van der Waals surface area contributed by atoms with Gasteiger partial charge in [0.05, 0.1) is 29.3 Å². The van der Waals surface area contributed by atoms with Gasteiger partial charge in [0.1, 0.15) is 6.54 Å². The molecule has 2 N–H and O–H groups in total. The summed E-state index contributed by atoms with van der Waals surface area (Å²) in [6.07, 6.45) is 0. The van der Waals surface area contributed by atoms with Crippen molar-refractivity contribution in [2.75, 3.05) is 18.4 Å². The molecule has 0 saturated heterocycles. The third kappa shape index (κ3) is 4.63. The van der Waals surface area contributed by atoms with E-state index in [-0.39, 0.29) is 5.91 Å². The molecule has 27 heavy (non-hydrogen) atoms. The summed E-state index contributed by atoms with van der Waals surface area (Å²) >= 11 is 0. The highest BCUT2D eigenvalue weighted by molar-refractivity contribution is 5.92. The summed E-state index contributed by atoms with van der Waals surface area (Å²) in [7, 11) is 0. The third-order valence-electron chi connectivity index (χ3n) is 4.76. The summed E-state index contributed by atoms with van der Waals surface area (Å²) in [5.41, 5.74) is 4.80. The van der Waals surface area contributed by atoms with Gasteiger partial charge in [-0.15, -0.1) is 0 Å². The van der Waals surface area contributed by atoms with E-state index in [1.165, 1.54) is 10.5 Å². The van der Waals surface area contributed by atoms with Crippen LogP contribution in [0.2, 0.25) is 0 Å². The zero-order chi connectivity index (χ0) is 19.2. The molecule has 0 radical (unpaired) electrons. The van der Waals surface area contributed by atoms with E-state index < -0.39 is 0 Å². The number of aromatic nitrogens is 2. The van der Waals surface area contributed by atoms with Gasteiger partial charge in [0.25, 0.3) is 5.91 Å². The molecule has 2 aromatic carbocycles. The number of amides is 1. The monoisotopic (exact) mass is 363 g/mol. The highest BCUT2D eigenvalue weighted by atomic mass is 16.2. The Morgan fingerprint density at radius 3 is 2.30 bits per heavy atom. The van der Waals surface area contributed by atoms with Crippen LogP contribution in [0.4, 0.5) is 5.69 Å². The molecule has 1 heterocycles. The van der Waals surface area contributed by atoms with E-state index in [1.54, 1.807) is 0 Å². The maximum Gasteiger partial charge on any atom is 0.279 e. The third-order valence-corrected chi connectivity index (χ3v) is 4.76. The number of anilines is 1. The Morgan fingerprint density at radius 1 is 1.04 bits per heavy atom. The molecule has 140 valence electrons. The minimum atomic E-state index is 0.0154. The van der Waals surface area contributed by atoms with Crippen molar-refractivity contribution < 1.29 is 9.69 Å². The van der Waals surface area contributed by atoms with Crippen LogP contribution in [0.15, 0.2) is 60.7 Å². The Labute approximate surface area is 160 Å². The molecule has 0 bridgehead atoms. The maximum atomic E-state index is 12.7. The number of hydrogen-bond acceptors (Lipinski definition) is 2. The number of hydrogen-bond donors (Lipinski definition) is 2. The van der Waals surface area contributed by atoms with Crippen LogP contribution >= 0.6 is 0 Å². The normalized spacial score (nSPS) is 12.0. The number of rotatable bonds is 7. The largest absolute Gasteiger partial charge is 0.324 e. The highest BCUT2D eigenvalue weighted by Gasteiger charge is 2.18. The molecule has 1 aromatic heterocycles. The Hall–Kier alpha value is -2.92. The van der Waals surface area contributed by atoms with Crippen molar-refractivity contribution in [2.24, 2.45) is 0 Å². The Bertz CT molecular complexity index is 887. The number of likely N-dealkylation sites (N-methyl/N-ethyl adjacent to an activating group) is 1. The van der Waals surface area contributed by atoms with Crippen molar-refractivity contribution in [1.29, 1.82) is 0 Å². The fourth-order valence-electron chi connectivity index (χ4n) is 3.25. The second-order valence-corrected chi connectivity index (χ2v) is 6.78. The van der Waals surface area contributed by atoms with Gasteiger partial charge in [0, 0.05) is 5.56 Å². The highest BCUT2D eigenvalue weighted by Crippen LogP contribution is 2.22. The Balaban J connectivity index is 1.69. The predicted octanol–water partition coefficient (Wildman–Crippen LogP) is 2.53. The van der Waals surface area contributed by atoms with Gasteiger partial charge in [-0.3, -0.25) is 4.79 Å². The standard InChI is InChI=1S/C22H26N4O/c1-4-25(15-19-11-7-5-8-12-19)16-21(27)23-22-17(2)24-26(18(22)3)20-13-9-6-10-14-20/h5-14H,4,15-16H2,1-3H3,(H,23,27)/p+1. The van der Waals surface area contributed by atoms with Crippen molar-refractivity contribution >= 4 is 11.6 Å². The topological polar surface area (TPSA) is 51.4 Å². The van der Waals surface area contributed by atoms with E-state index >= 15 is 0 Å². The first-order valence-corrected chi connectivity index (χ1v) is 9.37. The molecule has 0 saturated carbocycles. The van der Waals surface area contributed by atoms with Crippen molar-refractivity contribution in [3.63, 3.8) is 0 Å². The molecule has 0 fully saturated rings. The summed E-state index contributed by atoms with van der Waals surface area (Å²) in [6, 6.07) is 20.2. The quantitative estimate of drug-likeness (QED) is 0.678. The number of nitrogens with zero attached hydrogens (tertiary/aromatic N) is 2. The molecular formula is C22H27N4O+. The zero-order valence-electron chi connectivity index (χ0n) is 16.2. The summed E-state index contributed by atoms with van der Waals surface area (Å²) in [5, 5.41) is 7.67. The first kappa shape index (κ1) is 18.9. The van der Waals surface area contributed by atoms with E-state index in [4.69, 9.17) is 0 Å². The number of nitrogens with one attached hydrogen (secondary N) is 2. The van der Waals surface area contributed by atoms with Gasteiger partial charge in [0.2, 0.25) is 0 Å². The van der Waals surface area contributed by atoms with Crippen molar-refractivity contribution in [3.8, 4) is 5.69 Å². The van der Waals surface area contributed by atoms with E-state index in [1.807, 2.05) is 67.1 Å². The SMILES string of the molecule is CC[NH+](CC(=O)Nc1c(C)nn(-c2ccccc2)c1C)Cc1ccccc1. The number of para-hydroxylation sites is 1. The average molecular weight is 363 g/mol. The average Bonchev–Trinajstić information content (AvgIpc) is 2.97. The zero-order valence-corrected chi connectivity index (χ0v) is 16.2. The van der Waals surface area contributed by atoms with E-state index in [9.17, 15) is 4.79 Å². The lowest BCUT2D eigenvalue weighted by molar-refractivity contribution is -0.903. The predicted molar refractivity (Wildman–Crippen MR) is 108 cm³/mol. The molecule has 3 aromatic rings. The number of carbonyl (C=O) groups is 1. The van der Waals surface area contributed by atoms with Crippen LogP contribution < -0.4 is 10.2 Å². The lowest BCUT2D eigenvalue weighted by Gasteiger charge is -2.17. The molecule has 1 amide bonds. The number of aryl methyl sites for hydroxylation is 1. The molecule has 0 spiro atoms.